The minimum Gasteiger partial charge on any atom is -0.496 e. The van der Waals surface area contributed by atoms with E-state index in [2.05, 4.69) is 20.3 Å². The number of benzene rings is 2. The molecule has 140 valence electrons. The first-order valence-electron chi connectivity index (χ1n) is 8.83. The molecule has 0 saturated carbocycles. The lowest BCUT2D eigenvalue weighted by Crippen LogP contribution is -2.11. The van der Waals surface area contributed by atoms with E-state index < -0.39 is 7.14 Å². The van der Waals surface area contributed by atoms with Crippen molar-refractivity contribution in [1.29, 1.82) is 0 Å². The van der Waals surface area contributed by atoms with E-state index in [0.29, 0.717) is 23.9 Å². The van der Waals surface area contributed by atoms with Gasteiger partial charge in [-0.1, -0.05) is 12.2 Å². The zero-order valence-electron chi connectivity index (χ0n) is 15.1. The molecule has 1 N–H and O–H groups in total. The fourth-order valence-corrected chi connectivity index (χ4v) is 6.59. The van der Waals surface area contributed by atoms with Crippen LogP contribution in [-0.4, -0.2) is 34.4 Å². The molecule has 5 rings (SSSR count). The number of fused-ring (bicyclic) bond motifs is 2. The summed E-state index contributed by atoms with van der Waals surface area (Å²) in [7, 11) is -0.935. The first-order valence-corrected chi connectivity index (χ1v) is 11.8. The van der Waals surface area contributed by atoms with Gasteiger partial charge in [0.25, 0.3) is 0 Å². The molecule has 4 aromatic rings. The van der Waals surface area contributed by atoms with Crippen LogP contribution in [0.25, 0.3) is 21.1 Å². The molecule has 6 nitrogen and oxygen atoms in total. The van der Waals surface area contributed by atoms with Crippen molar-refractivity contribution in [3.63, 3.8) is 0 Å². The lowest BCUT2D eigenvalue weighted by atomic mass is 10.2. The van der Waals surface area contributed by atoms with E-state index in [1.807, 2.05) is 48.0 Å². The van der Waals surface area contributed by atoms with E-state index in [1.54, 1.807) is 18.4 Å². The van der Waals surface area contributed by atoms with E-state index in [0.717, 1.165) is 32.1 Å². The fourth-order valence-electron chi connectivity index (χ4n) is 3.49. The number of nitrogens with one attached hydrogen (secondary N) is 1. The standard InChI is InChI=1S/C20H17N4O2PS/c1-26-17-10-15-14(9-18(17)27(25)6-2-3-7-27)20(22-11-21-15)24-13-4-5-19-16(8-13)23-12-28-19/h2-5,8-12H,6-7H2,1H3,(H,21,22,24). The summed E-state index contributed by atoms with van der Waals surface area (Å²) < 4.78 is 20.1. The predicted octanol–water partition coefficient (Wildman–Crippen LogP) is 4.55. The molecule has 0 bridgehead atoms. The minimum atomic E-state index is -2.54. The van der Waals surface area contributed by atoms with E-state index in [9.17, 15) is 4.57 Å². The normalized spacial score (nSPS) is 15.3. The Morgan fingerprint density at radius 3 is 2.75 bits per heavy atom. The Balaban J connectivity index is 1.63. The molecule has 0 spiro atoms. The summed E-state index contributed by atoms with van der Waals surface area (Å²) in [6.45, 7) is 0. The lowest BCUT2D eigenvalue weighted by molar-refractivity contribution is 0.418. The van der Waals surface area contributed by atoms with Crippen molar-refractivity contribution in [2.24, 2.45) is 0 Å². The highest BCUT2D eigenvalue weighted by molar-refractivity contribution is 7.72. The van der Waals surface area contributed by atoms with Crippen LogP contribution < -0.4 is 15.4 Å². The topological polar surface area (TPSA) is 77.0 Å². The lowest BCUT2D eigenvalue weighted by Gasteiger charge is -2.17. The maximum Gasteiger partial charge on any atom is 0.141 e. The Morgan fingerprint density at radius 2 is 1.93 bits per heavy atom. The van der Waals surface area contributed by atoms with Gasteiger partial charge in [0.1, 0.15) is 25.0 Å². The summed E-state index contributed by atoms with van der Waals surface area (Å²) >= 11 is 1.61. The third-order valence-corrected chi connectivity index (χ3v) is 8.57. The van der Waals surface area contributed by atoms with Crippen molar-refractivity contribution >= 4 is 56.4 Å². The highest BCUT2D eigenvalue weighted by Gasteiger charge is 2.30. The number of anilines is 2. The van der Waals surface area contributed by atoms with Gasteiger partial charge in [0.15, 0.2) is 0 Å². The van der Waals surface area contributed by atoms with Crippen molar-refractivity contribution in [3.05, 3.63) is 54.3 Å². The van der Waals surface area contributed by atoms with Crippen LogP contribution in [0.4, 0.5) is 11.5 Å². The molecule has 3 heterocycles. The summed E-state index contributed by atoms with van der Waals surface area (Å²) in [4.78, 5) is 13.2. The van der Waals surface area contributed by atoms with Gasteiger partial charge in [-0.3, -0.25) is 0 Å². The number of hydrogen-bond acceptors (Lipinski definition) is 7. The summed E-state index contributed by atoms with van der Waals surface area (Å²) in [6, 6.07) is 9.80. The third-order valence-electron chi connectivity index (χ3n) is 4.94. The van der Waals surface area contributed by atoms with Crippen LogP contribution in [0, 0.1) is 0 Å². The molecule has 2 aromatic carbocycles. The van der Waals surface area contributed by atoms with Crippen LogP contribution in [0.15, 0.2) is 54.3 Å². The van der Waals surface area contributed by atoms with Gasteiger partial charge in [-0.05, 0) is 24.3 Å². The van der Waals surface area contributed by atoms with Crippen molar-refractivity contribution in [1.82, 2.24) is 15.0 Å². The Labute approximate surface area is 165 Å². The highest BCUT2D eigenvalue weighted by Crippen LogP contribution is 2.50. The third kappa shape index (κ3) is 2.87. The maximum atomic E-state index is 13.4. The van der Waals surface area contributed by atoms with Crippen LogP contribution in [0.3, 0.4) is 0 Å². The van der Waals surface area contributed by atoms with Crippen LogP contribution in [-0.2, 0) is 4.57 Å². The monoisotopic (exact) mass is 408 g/mol. The van der Waals surface area contributed by atoms with Gasteiger partial charge in [-0.2, -0.15) is 0 Å². The number of aromatic nitrogens is 3. The zero-order chi connectivity index (χ0) is 19.1. The molecule has 0 atom stereocenters. The molecular weight excluding hydrogens is 391 g/mol. The van der Waals surface area contributed by atoms with Crippen LogP contribution in [0.5, 0.6) is 5.75 Å². The van der Waals surface area contributed by atoms with Gasteiger partial charge < -0.3 is 14.6 Å². The van der Waals surface area contributed by atoms with E-state index >= 15 is 0 Å². The van der Waals surface area contributed by atoms with E-state index in [1.165, 1.54) is 6.33 Å². The van der Waals surface area contributed by atoms with Gasteiger partial charge in [-0.25, -0.2) is 15.0 Å². The van der Waals surface area contributed by atoms with Gasteiger partial charge in [0, 0.05) is 29.5 Å². The van der Waals surface area contributed by atoms with Gasteiger partial charge in [0.2, 0.25) is 0 Å². The molecule has 0 unspecified atom stereocenters. The first-order chi connectivity index (χ1) is 13.7. The Hall–Kier alpha value is -2.76. The van der Waals surface area contributed by atoms with Crippen molar-refractivity contribution in [3.8, 4) is 5.75 Å². The predicted molar refractivity (Wildman–Crippen MR) is 115 cm³/mol. The molecule has 8 heteroatoms. The molecule has 0 aliphatic carbocycles. The van der Waals surface area contributed by atoms with Gasteiger partial charge >= 0.3 is 0 Å². The molecule has 2 aromatic heterocycles. The number of hydrogen-bond donors (Lipinski definition) is 1. The SMILES string of the molecule is COc1cc2ncnc(Nc3ccc4scnc4c3)c2cc1P1(=O)CC=CC1. The number of nitrogens with zero attached hydrogens (tertiary/aromatic N) is 3. The summed E-state index contributed by atoms with van der Waals surface area (Å²) in [5, 5.41) is 4.93. The summed E-state index contributed by atoms with van der Waals surface area (Å²) in [5.41, 5.74) is 4.41. The molecule has 0 saturated heterocycles. The number of rotatable bonds is 4. The van der Waals surface area contributed by atoms with Crippen molar-refractivity contribution < 1.29 is 9.30 Å². The largest absolute Gasteiger partial charge is 0.496 e. The van der Waals surface area contributed by atoms with Crippen molar-refractivity contribution in [2.45, 2.75) is 0 Å². The Bertz CT molecular complexity index is 1270. The van der Waals surface area contributed by atoms with Crippen LogP contribution in [0.1, 0.15) is 0 Å². The molecule has 0 amide bonds. The first kappa shape index (κ1) is 17.3. The number of thiazole rings is 1. The fraction of sp³-hybridized carbons (Fsp3) is 0.150. The number of ether oxygens (including phenoxy) is 1. The Morgan fingerprint density at radius 1 is 1.07 bits per heavy atom. The van der Waals surface area contributed by atoms with Gasteiger partial charge in [-0.15, -0.1) is 11.3 Å². The molecular formula is C20H17N4O2PS. The quantitative estimate of drug-likeness (QED) is 0.394. The molecule has 1 aliphatic rings. The average molecular weight is 408 g/mol. The molecule has 1 aliphatic heterocycles. The van der Waals surface area contributed by atoms with Crippen LogP contribution in [0.2, 0.25) is 0 Å². The second-order valence-electron chi connectivity index (χ2n) is 6.65. The van der Waals surface area contributed by atoms with E-state index in [4.69, 9.17) is 4.74 Å². The van der Waals surface area contributed by atoms with Crippen LogP contribution >= 0.6 is 18.5 Å². The summed E-state index contributed by atoms with van der Waals surface area (Å²) in [6.07, 6.45) is 6.60. The van der Waals surface area contributed by atoms with Gasteiger partial charge in [0.05, 0.1) is 33.7 Å². The molecule has 0 radical (unpaired) electrons. The smallest absolute Gasteiger partial charge is 0.141 e. The zero-order valence-corrected chi connectivity index (χ0v) is 16.8. The second kappa shape index (κ2) is 6.69. The highest BCUT2D eigenvalue weighted by atomic mass is 32.1. The number of methoxy groups -OCH3 is 1. The molecule has 0 fully saturated rings. The second-order valence-corrected chi connectivity index (χ2v) is 10.5. The molecule has 28 heavy (non-hydrogen) atoms. The van der Waals surface area contributed by atoms with Crippen molar-refractivity contribution in [2.75, 3.05) is 24.8 Å². The maximum absolute atomic E-state index is 13.4. The minimum absolute atomic E-state index is 0.561. The average Bonchev–Trinajstić information content (AvgIpc) is 3.36. The summed E-state index contributed by atoms with van der Waals surface area (Å²) in [5.74, 6) is 1.29. The van der Waals surface area contributed by atoms with E-state index in [-0.39, 0.29) is 0 Å². The Kier molecular flexibility index (Phi) is 4.14. The number of allylic oxidation sites excluding steroid dienone is 2.